The molecule has 0 aromatic carbocycles. The van der Waals surface area contributed by atoms with Crippen molar-refractivity contribution in [3.8, 4) is 0 Å². The number of hydrogen-bond donors (Lipinski definition) is 2. The van der Waals surface area contributed by atoms with Crippen LogP contribution in [0.4, 0.5) is 13.2 Å². The first-order valence-electron chi connectivity index (χ1n) is 11.2. The van der Waals surface area contributed by atoms with Gasteiger partial charge in [0.1, 0.15) is 0 Å². The van der Waals surface area contributed by atoms with Gasteiger partial charge in [0.05, 0.1) is 10.8 Å². The van der Waals surface area contributed by atoms with Crippen LogP contribution in [0.15, 0.2) is 12.1 Å². The summed E-state index contributed by atoms with van der Waals surface area (Å²) in [5.74, 6) is -0.887. The van der Waals surface area contributed by atoms with E-state index in [4.69, 9.17) is 9.90 Å². The zero-order valence-corrected chi connectivity index (χ0v) is 19.2. The lowest BCUT2D eigenvalue weighted by Gasteiger charge is -2.42. The zero-order chi connectivity index (χ0) is 24.0. The molecule has 1 aliphatic carbocycles. The second-order valence-electron chi connectivity index (χ2n) is 9.53. The van der Waals surface area contributed by atoms with Crippen molar-refractivity contribution in [1.29, 1.82) is 0 Å². The van der Waals surface area contributed by atoms with Crippen LogP contribution in [0.25, 0.3) is 0 Å². The lowest BCUT2D eigenvalue weighted by Crippen LogP contribution is -2.56. The van der Waals surface area contributed by atoms with E-state index in [0.717, 1.165) is 49.8 Å². The van der Waals surface area contributed by atoms with Gasteiger partial charge in [-0.3, -0.25) is 9.59 Å². The summed E-state index contributed by atoms with van der Waals surface area (Å²) in [6.45, 7) is 6.71. The van der Waals surface area contributed by atoms with Crippen LogP contribution in [0.3, 0.4) is 0 Å². The average molecular weight is 488 g/mol. The molecule has 182 valence electrons. The van der Waals surface area contributed by atoms with Gasteiger partial charge in [-0.05, 0) is 50.7 Å². The van der Waals surface area contributed by atoms with Crippen molar-refractivity contribution in [1.82, 2.24) is 15.1 Å². The second-order valence-corrected chi connectivity index (χ2v) is 10.8. The fraction of sp³-hybridized carbons (Fsp3) is 0.682. The molecule has 0 unspecified atom stereocenters. The molecule has 1 spiro atoms. The van der Waals surface area contributed by atoms with Crippen LogP contribution in [0.1, 0.15) is 40.2 Å². The van der Waals surface area contributed by atoms with E-state index in [9.17, 15) is 22.8 Å². The highest BCUT2D eigenvalue weighted by molar-refractivity contribution is 7.13. The second kappa shape index (κ2) is 8.90. The van der Waals surface area contributed by atoms with E-state index in [0.29, 0.717) is 5.92 Å². The van der Waals surface area contributed by atoms with E-state index in [2.05, 4.69) is 10.2 Å². The fourth-order valence-corrected chi connectivity index (χ4v) is 6.10. The number of amides is 2. The molecule has 1 aromatic heterocycles. The van der Waals surface area contributed by atoms with Crippen molar-refractivity contribution < 1.29 is 32.7 Å². The Bertz CT molecular complexity index is 922. The maximum Gasteiger partial charge on any atom is 0.490 e. The van der Waals surface area contributed by atoms with E-state index < -0.39 is 12.1 Å². The molecule has 2 N–H and O–H groups in total. The maximum atomic E-state index is 12.7. The summed E-state index contributed by atoms with van der Waals surface area (Å²) in [4.78, 5) is 40.7. The molecule has 3 aliphatic heterocycles. The van der Waals surface area contributed by atoms with Crippen LogP contribution in [-0.2, 0) is 9.59 Å². The predicted octanol–water partition coefficient (Wildman–Crippen LogP) is 2.75. The quantitative estimate of drug-likeness (QED) is 0.685. The van der Waals surface area contributed by atoms with E-state index >= 15 is 0 Å². The zero-order valence-electron chi connectivity index (χ0n) is 18.4. The van der Waals surface area contributed by atoms with E-state index in [1.165, 1.54) is 24.3 Å². The number of carboxylic acid groups (broad SMARTS) is 1. The number of likely N-dealkylation sites (tertiary alicyclic amines) is 2. The number of nitrogens with zero attached hydrogens (tertiary/aromatic N) is 2. The average Bonchev–Trinajstić information content (AvgIpc) is 3.18. The highest BCUT2D eigenvalue weighted by Crippen LogP contribution is 2.45. The number of aliphatic carboxylic acids is 1. The minimum absolute atomic E-state index is 0.0812. The van der Waals surface area contributed by atoms with Crippen molar-refractivity contribution in [3.05, 3.63) is 21.9 Å². The summed E-state index contributed by atoms with van der Waals surface area (Å²) in [5.41, 5.74) is -0.0812. The molecule has 4 heterocycles. The minimum atomic E-state index is -5.08. The number of nitrogens with one attached hydrogen (secondary N) is 1. The van der Waals surface area contributed by atoms with E-state index in [1.54, 1.807) is 11.3 Å². The summed E-state index contributed by atoms with van der Waals surface area (Å²) in [7, 11) is 0. The number of fused-ring (bicyclic) bond motifs is 2. The molecule has 2 amide bonds. The smallest absolute Gasteiger partial charge is 0.475 e. The van der Waals surface area contributed by atoms with Crippen molar-refractivity contribution in [2.24, 2.45) is 17.8 Å². The number of aryl methyl sites for hydroxylation is 1. The third-order valence-electron chi connectivity index (χ3n) is 7.16. The molecule has 1 aromatic rings. The predicted molar refractivity (Wildman–Crippen MR) is 115 cm³/mol. The normalized spacial score (nSPS) is 26.5. The van der Waals surface area contributed by atoms with Crippen LogP contribution >= 0.6 is 11.3 Å². The third kappa shape index (κ3) is 5.18. The summed E-state index contributed by atoms with van der Waals surface area (Å²) in [5, 5.41) is 10.5. The van der Waals surface area contributed by atoms with E-state index in [1.807, 2.05) is 24.0 Å². The molecule has 0 bridgehead atoms. The molecule has 5 rings (SSSR count). The summed E-state index contributed by atoms with van der Waals surface area (Å²) in [6.07, 6.45) is -0.564. The molecule has 2 atom stereocenters. The number of halogens is 3. The Hall–Kier alpha value is -2.14. The first kappa shape index (κ1) is 24.0. The number of thiophene rings is 1. The molecule has 4 fully saturated rings. The first-order chi connectivity index (χ1) is 15.5. The summed E-state index contributed by atoms with van der Waals surface area (Å²) < 4.78 is 31.7. The molecule has 0 radical (unpaired) electrons. The Balaban J connectivity index is 0.000000325. The number of carbonyl (C=O) groups excluding carboxylic acids is 2. The van der Waals surface area contributed by atoms with Crippen molar-refractivity contribution in [3.63, 3.8) is 0 Å². The lowest BCUT2D eigenvalue weighted by atomic mass is 9.75. The van der Waals surface area contributed by atoms with Crippen molar-refractivity contribution in [2.45, 2.75) is 44.3 Å². The Kier molecular flexibility index (Phi) is 6.47. The Morgan fingerprint density at radius 3 is 2.36 bits per heavy atom. The molecule has 4 aliphatic rings. The number of carbonyl (C=O) groups is 3. The summed E-state index contributed by atoms with van der Waals surface area (Å²) >= 11 is 1.57. The van der Waals surface area contributed by atoms with Gasteiger partial charge in [0.25, 0.3) is 5.91 Å². The largest absolute Gasteiger partial charge is 0.490 e. The van der Waals surface area contributed by atoms with Gasteiger partial charge in [-0.25, -0.2) is 4.79 Å². The van der Waals surface area contributed by atoms with Gasteiger partial charge in [-0.2, -0.15) is 13.2 Å². The minimum Gasteiger partial charge on any atom is -0.475 e. The van der Waals surface area contributed by atoms with Gasteiger partial charge in [-0.1, -0.05) is 0 Å². The van der Waals surface area contributed by atoms with Crippen LogP contribution < -0.4 is 5.32 Å². The van der Waals surface area contributed by atoms with Gasteiger partial charge in [-0.15, -0.1) is 11.3 Å². The third-order valence-corrected chi connectivity index (χ3v) is 8.15. The van der Waals surface area contributed by atoms with E-state index in [-0.39, 0.29) is 23.3 Å². The van der Waals surface area contributed by atoms with Gasteiger partial charge in [0.2, 0.25) is 5.91 Å². The number of carboxylic acids is 1. The standard InChI is InChI=1S/C20H27N3O2S.C2HF3O2/c1-13-2-5-17(26-13)19(25)23-8-6-20(7-9-23)16-12-22(10-14-3-4-14)11-15(16)18(24)21-20;3-2(4,5)1(6)7/h2,5,14-16H,3-4,6-12H2,1H3,(H,21,24);(H,6,7)/t15-,16+;/m1./s1. The number of hydrogen-bond acceptors (Lipinski definition) is 5. The van der Waals surface area contributed by atoms with Crippen LogP contribution in [0.5, 0.6) is 0 Å². The first-order valence-corrected chi connectivity index (χ1v) is 12.0. The van der Waals surface area contributed by atoms with Gasteiger partial charge in [0.15, 0.2) is 0 Å². The Morgan fingerprint density at radius 2 is 1.85 bits per heavy atom. The SMILES string of the molecule is Cc1ccc(C(=O)N2CCC3(CC2)NC(=O)[C@@H]2CN(CC4CC4)C[C@@H]23)s1.O=C(O)C(F)(F)F. The number of alkyl halides is 3. The number of rotatable bonds is 3. The van der Waals surface area contributed by atoms with Gasteiger partial charge < -0.3 is 20.2 Å². The van der Waals surface area contributed by atoms with Crippen LogP contribution in [0.2, 0.25) is 0 Å². The van der Waals surface area contributed by atoms with Crippen LogP contribution in [0, 0.1) is 24.7 Å². The Labute approximate surface area is 193 Å². The highest BCUT2D eigenvalue weighted by Gasteiger charge is 2.57. The molecule has 3 saturated heterocycles. The van der Waals surface area contributed by atoms with Gasteiger partial charge >= 0.3 is 12.1 Å². The van der Waals surface area contributed by atoms with Crippen LogP contribution in [-0.4, -0.2) is 77.1 Å². The van der Waals surface area contributed by atoms with Crippen molar-refractivity contribution in [2.75, 3.05) is 32.7 Å². The molecule has 33 heavy (non-hydrogen) atoms. The highest BCUT2D eigenvalue weighted by atomic mass is 32.1. The maximum absolute atomic E-state index is 12.7. The number of piperidine rings is 1. The molecular formula is C22H28F3N3O4S. The molecule has 1 saturated carbocycles. The Morgan fingerprint density at radius 1 is 1.21 bits per heavy atom. The molecular weight excluding hydrogens is 459 g/mol. The lowest BCUT2D eigenvalue weighted by molar-refractivity contribution is -0.192. The van der Waals surface area contributed by atoms with Gasteiger partial charge in [0, 0.05) is 49.1 Å². The fourth-order valence-electron chi connectivity index (χ4n) is 5.27. The topological polar surface area (TPSA) is 90.0 Å². The molecule has 11 heteroatoms. The van der Waals surface area contributed by atoms with Crippen molar-refractivity contribution >= 4 is 29.1 Å². The summed E-state index contributed by atoms with van der Waals surface area (Å²) in [6, 6.07) is 3.95. The molecule has 7 nitrogen and oxygen atoms in total. The monoisotopic (exact) mass is 487 g/mol.